The number of hydrogen-bond acceptors (Lipinski definition) is 1. The van der Waals surface area contributed by atoms with E-state index in [1.165, 1.54) is 94.2 Å². The summed E-state index contributed by atoms with van der Waals surface area (Å²) in [6.45, 7) is 4.82. The molecule has 0 saturated heterocycles. The molecule has 1 nitrogen and oxygen atoms in total. The van der Waals surface area contributed by atoms with Crippen LogP contribution < -0.4 is 0 Å². The first kappa shape index (κ1) is 38.9. The van der Waals surface area contributed by atoms with Crippen molar-refractivity contribution in [1.82, 2.24) is 0 Å². The first-order valence-electron chi connectivity index (χ1n) is 23.0. The molecule has 0 saturated carbocycles. The molecule has 12 rings (SSSR count). The molecule has 1 heteroatoms. The minimum Gasteiger partial charge on any atom is -0.456 e. The van der Waals surface area contributed by atoms with Crippen molar-refractivity contribution in [1.29, 1.82) is 0 Å². The average molecular weight is 833 g/mol. The van der Waals surface area contributed by atoms with E-state index in [-0.39, 0.29) is 11.3 Å². The molecule has 11 aromatic rings. The van der Waals surface area contributed by atoms with E-state index in [0.29, 0.717) is 0 Å². The highest BCUT2D eigenvalue weighted by molar-refractivity contribution is 6.06. The molecular formula is C64H48O. The molecule has 0 amide bonds. The molecule has 1 heterocycles. The number of hydrogen-bond donors (Lipinski definition) is 0. The van der Waals surface area contributed by atoms with Gasteiger partial charge in [0, 0.05) is 22.1 Å². The summed E-state index contributed by atoms with van der Waals surface area (Å²) in [5.41, 5.74) is 21.2. The monoisotopic (exact) mass is 832 g/mol. The molecule has 0 aliphatic heterocycles. The summed E-state index contributed by atoms with van der Waals surface area (Å²) >= 11 is 0. The molecule has 65 heavy (non-hydrogen) atoms. The molecule has 1 aliphatic rings. The van der Waals surface area contributed by atoms with Gasteiger partial charge in [-0.25, -0.2) is 0 Å². The summed E-state index contributed by atoms with van der Waals surface area (Å²) in [6, 6.07) is 82.9. The maximum absolute atomic E-state index is 6.09. The minimum atomic E-state index is -0.133. The number of furan rings is 1. The van der Waals surface area contributed by atoms with Gasteiger partial charge < -0.3 is 4.42 Å². The summed E-state index contributed by atoms with van der Waals surface area (Å²) in [7, 11) is 0. The molecule has 1 atom stereocenters. The number of benzene rings is 10. The zero-order valence-corrected chi connectivity index (χ0v) is 36.8. The molecule has 0 spiro atoms. The van der Waals surface area contributed by atoms with E-state index in [2.05, 4.69) is 226 Å². The van der Waals surface area contributed by atoms with E-state index in [4.69, 9.17) is 4.42 Å². The fourth-order valence-electron chi connectivity index (χ4n) is 10.7. The van der Waals surface area contributed by atoms with Crippen LogP contribution in [0.5, 0.6) is 0 Å². The van der Waals surface area contributed by atoms with Gasteiger partial charge in [-0.3, -0.25) is 0 Å². The topological polar surface area (TPSA) is 13.1 Å². The highest BCUT2D eigenvalue weighted by Gasteiger charge is 2.36. The zero-order chi connectivity index (χ0) is 43.5. The Balaban J connectivity index is 0.865. The van der Waals surface area contributed by atoms with E-state index in [0.717, 1.165) is 34.8 Å². The molecule has 1 unspecified atom stereocenters. The standard InChI is InChI=1S/C64H48O/c1-64(2)60-40-49(43-13-5-3-6-14-43)30-34-56(60)57-35-31-50(41-61(57)64)52(55-37-36-51(47-15-7-4-8-16-47)53-17-9-10-18-54(53)55)33-23-42-21-24-44(25-22-42)45-26-28-46(29-27-45)48-32-38-63-59(39-48)58-19-11-12-20-62(58)65-63/h3-22,24-32,34-41,52H,23,33H2,1-2H3. The molecule has 310 valence electrons. The highest BCUT2D eigenvalue weighted by atomic mass is 16.3. The van der Waals surface area contributed by atoms with Crippen LogP contribution in [0.4, 0.5) is 0 Å². The van der Waals surface area contributed by atoms with Crippen molar-refractivity contribution in [3.05, 3.63) is 252 Å². The van der Waals surface area contributed by atoms with Crippen LogP contribution in [0.25, 0.3) is 88.3 Å². The quantitative estimate of drug-likeness (QED) is 0.141. The zero-order valence-electron chi connectivity index (χ0n) is 36.8. The van der Waals surface area contributed by atoms with Crippen molar-refractivity contribution < 1.29 is 4.42 Å². The lowest BCUT2D eigenvalue weighted by atomic mass is 9.78. The van der Waals surface area contributed by atoms with Gasteiger partial charge in [0.05, 0.1) is 0 Å². The molecule has 1 aliphatic carbocycles. The SMILES string of the molecule is CC1(C)c2cc(-c3ccccc3)ccc2-c2ccc(C(CCc3ccc(-c4ccc(-c5ccc6oc7ccccc7c6c5)cc4)cc3)c3ccc(-c4ccccc4)c4ccccc34)cc21. The van der Waals surface area contributed by atoms with Gasteiger partial charge in [0.25, 0.3) is 0 Å². The summed E-state index contributed by atoms with van der Waals surface area (Å²) in [4.78, 5) is 0. The van der Waals surface area contributed by atoms with Crippen molar-refractivity contribution in [3.63, 3.8) is 0 Å². The van der Waals surface area contributed by atoms with Gasteiger partial charge in [-0.05, 0) is 131 Å². The van der Waals surface area contributed by atoms with E-state index in [1.807, 2.05) is 12.1 Å². The lowest BCUT2D eigenvalue weighted by Gasteiger charge is -2.26. The summed E-state index contributed by atoms with van der Waals surface area (Å²) in [6.07, 6.45) is 1.95. The van der Waals surface area contributed by atoms with Crippen LogP contribution in [-0.2, 0) is 11.8 Å². The third-order valence-corrected chi connectivity index (χ3v) is 14.2. The van der Waals surface area contributed by atoms with E-state index in [9.17, 15) is 0 Å². The summed E-state index contributed by atoms with van der Waals surface area (Å²) in [5, 5.41) is 4.93. The smallest absolute Gasteiger partial charge is 0.135 e. The Labute approximate surface area is 381 Å². The number of fused-ring (bicyclic) bond motifs is 7. The maximum Gasteiger partial charge on any atom is 0.135 e. The van der Waals surface area contributed by atoms with E-state index < -0.39 is 0 Å². The maximum atomic E-state index is 6.09. The highest BCUT2D eigenvalue weighted by Crippen LogP contribution is 2.51. The van der Waals surface area contributed by atoms with Gasteiger partial charge >= 0.3 is 0 Å². The second-order valence-electron chi connectivity index (χ2n) is 18.3. The van der Waals surface area contributed by atoms with Crippen molar-refractivity contribution in [2.24, 2.45) is 0 Å². The lowest BCUT2D eigenvalue weighted by molar-refractivity contribution is 0.655. The average Bonchev–Trinajstić information content (AvgIpc) is 3.85. The van der Waals surface area contributed by atoms with Crippen molar-refractivity contribution in [3.8, 4) is 55.6 Å². The molecule has 0 radical (unpaired) electrons. The Bertz CT molecular complexity index is 3540. The van der Waals surface area contributed by atoms with Crippen LogP contribution in [0.1, 0.15) is 54.0 Å². The molecule has 0 fully saturated rings. The first-order valence-corrected chi connectivity index (χ1v) is 23.0. The summed E-state index contributed by atoms with van der Waals surface area (Å²) in [5.74, 6) is 0.195. The second-order valence-corrected chi connectivity index (χ2v) is 18.3. The Morgan fingerprint density at radius 1 is 0.369 bits per heavy atom. The summed E-state index contributed by atoms with van der Waals surface area (Å²) < 4.78 is 6.09. The Morgan fingerprint density at radius 2 is 0.877 bits per heavy atom. The van der Waals surface area contributed by atoms with Gasteiger partial charge in [0.15, 0.2) is 0 Å². The van der Waals surface area contributed by atoms with Crippen molar-refractivity contribution in [2.45, 2.75) is 38.0 Å². The predicted octanol–water partition coefficient (Wildman–Crippen LogP) is 17.5. The largest absolute Gasteiger partial charge is 0.456 e. The van der Waals surface area contributed by atoms with Crippen LogP contribution in [-0.4, -0.2) is 0 Å². The third kappa shape index (κ3) is 6.87. The van der Waals surface area contributed by atoms with Crippen LogP contribution in [0.15, 0.2) is 229 Å². The Hall–Kier alpha value is -7.74. The van der Waals surface area contributed by atoms with Gasteiger partial charge in [-0.1, -0.05) is 214 Å². The molecule has 1 aromatic heterocycles. The van der Waals surface area contributed by atoms with E-state index >= 15 is 0 Å². The molecule has 0 bridgehead atoms. The van der Waals surface area contributed by atoms with E-state index in [1.54, 1.807) is 0 Å². The van der Waals surface area contributed by atoms with Gasteiger partial charge in [0.1, 0.15) is 11.2 Å². The second kappa shape index (κ2) is 15.8. The number of para-hydroxylation sites is 1. The fraction of sp³-hybridized carbons (Fsp3) is 0.0938. The molecular weight excluding hydrogens is 785 g/mol. The van der Waals surface area contributed by atoms with Crippen LogP contribution >= 0.6 is 0 Å². The lowest BCUT2D eigenvalue weighted by Crippen LogP contribution is -2.16. The van der Waals surface area contributed by atoms with Gasteiger partial charge in [-0.15, -0.1) is 0 Å². The number of rotatable bonds is 9. The Morgan fingerprint density at radius 3 is 1.62 bits per heavy atom. The fourth-order valence-corrected chi connectivity index (χ4v) is 10.7. The minimum absolute atomic E-state index is 0.133. The van der Waals surface area contributed by atoms with Gasteiger partial charge in [-0.2, -0.15) is 0 Å². The van der Waals surface area contributed by atoms with Crippen LogP contribution in [0.2, 0.25) is 0 Å². The molecule has 10 aromatic carbocycles. The normalized spacial score (nSPS) is 13.3. The number of aryl methyl sites for hydroxylation is 1. The van der Waals surface area contributed by atoms with Crippen molar-refractivity contribution in [2.75, 3.05) is 0 Å². The van der Waals surface area contributed by atoms with Crippen LogP contribution in [0, 0.1) is 0 Å². The predicted molar refractivity (Wildman–Crippen MR) is 274 cm³/mol. The first-order chi connectivity index (χ1) is 32.0. The van der Waals surface area contributed by atoms with Gasteiger partial charge in [0.2, 0.25) is 0 Å². The van der Waals surface area contributed by atoms with Crippen molar-refractivity contribution >= 4 is 32.7 Å². The Kier molecular flexibility index (Phi) is 9.46. The third-order valence-electron chi connectivity index (χ3n) is 14.2. The molecule has 0 N–H and O–H groups in total. The van der Waals surface area contributed by atoms with Crippen LogP contribution in [0.3, 0.4) is 0 Å².